The maximum atomic E-state index is 11.1. The summed E-state index contributed by atoms with van der Waals surface area (Å²) in [5.41, 5.74) is 0. The fourth-order valence-corrected chi connectivity index (χ4v) is 2.21. The second-order valence-corrected chi connectivity index (χ2v) is 4.24. The third-order valence-electron chi connectivity index (χ3n) is 3.16. The molecular formula is C10H15N3O2. The molecule has 1 heterocycles. The minimum atomic E-state index is -0.798. The summed E-state index contributed by atoms with van der Waals surface area (Å²) in [7, 11) is 0. The van der Waals surface area contributed by atoms with Crippen molar-refractivity contribution in [1.29, 1.82) is 5.26 Å². The van der Waals surface area contributed by atoms with Gasteiger partial charge in [-0.25, -0.2) is 4.79 Å². The first-order valence-electron chi connectivity index (χ1n) is 5.38. The first kappa shape index (κ1) is 10.1. The maximum Gasteiger partial charge on any atom is 0.407 e. The van der Waals surface area contributed by atoms with E-state index in [-0.39, 0.29) is 12.1 Å². The second kappa shape index (κ2) is 3.97. The largest absolute Gasteiger partial charge is 0.465 e. The van der Waals surface area contributed by atoms with E-state index in [4.69, 9.17) is 10.4 Å². The van der Waals surface area contributed by atoms with E-state index in [9.17, 15) is 4.79 Å². The molecule has 0 bridgehead atoms. The van der Waals surface area contributed by atoms with Crippen molar-refractivity contribution in [2.45, 2.75) is 37.8 Å². The Morgan fingerprint density at radius 2 is 1.80 bits per heavy atom. The van der Waals surface area contributed by atoms with E-state index in [0.717, 1.165) is 25.7 Å². The Morgan fingerprint density at radius 1 is 1.27 bits per heavy atom. The van der Waals surface area contributed by atoms with Crippen LogP contribution in [0, 0.1) is 11.5 Å². The molecule has 0 atom stereocenters. The third-order valence-corrected chi connectivity index (χ3v) is 3.16. The zero-order valence-electron chi connectivity index (χ0n) is 8.59. The molecule has 0 unspecified atom stereocenters. The minimum absolute atomic E-state index is 0.125. The van der Waals surface area contributed by atoms with Crippen molar-refractivity contribution in [1.82, 2.24) is 9.80 Å². The summed E-state index contributed by atoms with van der Waals surface area (Å²) in [4.78, 5) is 14.4. The first-order chi connectivity index (χ1) is 7.22. The van der Waals surface area contributed by atoms with Crippen LogP contribution in [0.25, 0.3) is 0 Å². The lowest BCUT2D eigenvalue weighted by atomic mass is 10.0. The van der Waals surface area contributed by atoms with E-state index >= 15 is 0 Å². The van der Waals surface area contributed by atoms with Crippen LogP contribution in [0.2, 0.25) is 0 Å². The number of carbonyl (C=O) groups is 1. The Balaban J connectivity index is 1.93. The van der Waals surface area contributed by atoms with Gasteiger partial charge < -0.3 is 14.9 Å². The predicted molar refractivity (Wildman–Crippen MR) is 53.1 cm³/mol. The van der Waals surface area contributed by atoms with Crippen LogP contribution in [-0.4, -0.2) is 46.2 Å². The van der Waals surface area contributed by atoms with Crippen molar-refractivity contribution in [2.24, 2.45) is 0 Å². The van der Waals surface area contributed by atoms with Gasteiger partial charge >= 0.3 is 6.09 Å². The molecule has 5 heteroatoms. The average Bonchev–Trinajstić information content (AvgIpc) is 3.03. The molecule has 1 aliphatic carbocycles. The van der Waals surface area contributed by atoms with Crippen molar-refractivity contribution in [3.63, 3.8) is 0 Å². The summed E-state index contributed by atoms with van der Waals surface area (Å²) < 4.78 is 0. The van der Waals surface area contributed by atoms with E-state index in [0.29, 0.717) is 13.1 Å². The van der Waals surface area contributed by atoms with Crippen molar-refractivity contribution in [2.75, 3.05) is 13.1 Å². The van der Waals surface area contributed by atoms with Crippen LogP contribution >= 0.6 is 0 Å². The van der Waals surface area contributed by atoms with Crippen molar-refractivity contribution in [3.05, 3.63) is 0 Å². The Morgan fingerprint density at radius 3 is 2.20 bits per heavy atom. The van der Waals surface area contributed by atoms with Crippen LogP contribution < -0.4 is 0 Å². The molecule has 1 saturated heterocycles. The van der Waals surface area contributed by atoms with Crippen LogP contribution in [0.5, 0.6) is 0 Å². The molecule has 2 rings (SSSR count). The Kier molecular flexibility index (Phi) is 2.67. The molecular weight excluding hydrogens is 194 g/mol. The van der Waals surface area contributed by atoms with Crippen molar-refractivity contribution >= 4 is 6.09 Å². The molecule has 2 fully saturated rings. The highest BCUT2D eigenvalue weighted by molar-refractivity contribution is 5.66. The van der Waals surface area contributed by atoms with Crippen molar-refractivity contribution < 1.29 is 9.90 Å². The van der Waals surface area contributed by atoms with E-state index in [1.54, 1.807) is 9.80 Å². The highest BCUT2D eigenvalue weighted by Gasteiger charge is 2.38. The van der Waals surface area contributed by atoms with Crippen LogP contribution in [0.15, 0.2) is 0 Å². The molecule has 15 heavy (non-hydrogen) atoms. The number of hydrogen-bond acceptors (Lipinski definition) is 3. The number of likely N-dealkylation sites (tertiary alicyclic amines) is 1. The lowest BCUT2D eigenvalue weighted by molar-refractivity contribution is 0.0974. The van der Waals surface area contributed by atoms with Crippen LogP contribution in [-0.2, 0) is 0 Å². The molecule has 0 radical (unpaired) electrons. The zero-order valence-corrected chi connectivity index (χ0v) is 8.59. The fourth-order valence-electron chi connectivity index (χ4n) is 2.21. The van der Waals surface area contributed by atoms with Crippen molar-refractivity contribution in [3.8, 4) is 6.19 Å². The molecule has 2 aliphatic rings. The molecule has 1 aliphatic heterocycles. The molecule has 1 amide bonds. The van der Waals surface area contributed by atoms with Gasteiger partial charge in [-0.15, -0.1) is 0 Å². The molecule has 0 aromatic carbocycles. The summed E-state index contributed by atoms with van der Waals surface area (Å²) >= 11 is 0. The molecule has 1 N–H and O–H groups in total. The van der Waals surface area contributed by atoms with Gasteiger partial charge in [-0.1, -0.05) is 0 Å². The van der Waals surface area contributed by atoms with Gasteiger partial charge in [0.2, 0.25) is 0 Å². The van der Waals surface area contributed by atoms with Crippen LogP contribution in [0.4, 0.5) is 4.79 Å². The van der Waals surface area contributed by atoms with Gasteiger partial charge in [0.1, 0.15) is 0 Å². The molecule has 0 aromatic rings. The van der Waals surface area contributed by atoms with Gasteiger partial charge in [-0.05, 0) is 25.7 Å². The minimum Gasteiger partial charge on any atom is -0.465 e. The van der Waals surface area contributed by atoms with Gasteiger partial charge in [0, 0.05) is 25.2 Å². The third kappa shape index (κ3) is 2.14. The van der Waals surface area contributed by atoms with Gasteiger partial charge in [-0.2, -0.15) is 5.26 Å². The molecule has 82 valence electrons. The normalized spacial score (nSPS) is 22.2. The summed E-state index contributed by atoms with van der Waals surface area (Å²) in [5.74, 6) is 0. The summed E-state index contributed by atoms with van der Waals surface area (Å²) in [6.07, 6.45) is 4.89. The highest BCUT2D eigenvalue weighted by atomic mass is 16.4. The van der Waals surface area contributed by atoms with Crippen LogP contribution in [0.1, 0.15) is 25.7 Å². The molecule has 1 saturated carbocycles. The highest BCUT2D eigenvalue weighted by Crippen LogP contribution is 2.31. The fraction of sp³-hybridized carbons (Fsp3) is 0.800. The Hall–Kier alpha value is -1.44. The second-order valence-electron chi connectivity index (χ2n) is 4.24. The van der Waals surface area contributed by atoms with E-state index in [1.807, 2.05) is 0 Å². The predicted octanol–water partition coefficient (Wildman–Crippen LogP) is 1.07. The standard InChI is InChI=1S/C10H15N3O2/c11-7-12-5-3-9(4-6-12)13(10(14)15)8-1-2-8/h8-9H,1-6H2,(H,14,15). The number of nitrogens with zero attached hydrogens (tertiary/aromatic N) is 3. The number of rotatable bonds is 2. The number of hydrogen-bond donors (Lipinski definition) is 1. The lowest BCUT2D eigenvalue weighted by Gasteiger charge is -2.35. The molecule has 0 aromatic heterocycles. The average molecular weight is 209 g/mol. The van der Waals surface area contributed by atoms with Crippen LogP contribution in [0.3, 0.4) is 0 Å². The topological polar surface area (TPSA) is 67.6 Å². The van der Waals surface area contributed by atoms with E-state index in [2.05, 4.69) is 6.19 Å². The maximum absolute atomic E-state index is 11.1. The Bertz CT molecular complexity index is 288. The number of nitriles is 1. The van der Waals surface area contributed by atoms with E-state index < -0.39 is 6.09 Å². The summed E-state index contributed by atoms with van der Waals surface area (Å²) in [6, 6.07) is 0.376. The van der Waals surface area contributed by atoms with Gasteiger partial charge in [0.15, 0.2) is 6.19 Å². The summed E-state index contributed by atoms with van der Waals surface area (Å²) in [5, 5.41) is 17.8. The monoisotopic (exact) mass is 209 g/mol. The van der Waals surface area contributed by atoms with E-state index in [1.165, 1.54) is 0 Å². The zero-order chi connectivity index (χ0) is 10.8. The van der Waals surface area contributed by atoms with Gasteiger partial charge in [0.05, 0.1) is 0 Å². The lowest BCUT2D eigenvalue weighted by Crippen LogP contribution is -2.47. The first-order valence-corrected chi connectivity index (χ1v) is 5.38. The van der Waals surface area contributed by atoms with Gasteiger partial charge in [-0.3, -0.25) is 0 Å². The number of carboxylic acid groups (broad SMARTS) is 1. The molecule has 5 nitrogen and oxygen atoms in total. The number of amides is 1. The summed E-state index contributed by atoms with van der Waals surface area (Å²) in [6.45, 7) is 1.38. The Labute approximate surface area is 88.9 Å². The number of piperidine rings is 1. The molecule has 0 spiro atoms. The smallest absolute Gasteiger partial charge is 0.407 e. The quantitative estimate of drug-likeness (QED) is 0.691. The SMILES string of the molecule is N#CN1CCC(N(C(=O)O)C2CC2)CC1. The van der Waals surface area contributed by atoms with Gasteiger partial charge in [0.25, 0.3) is 0 Å².